The number of carbonyl (C=O) groups excluding carboxylic acids is 1. The monoisotopic (exact) mass is 379 g/mol. The Bertz CT molecular complexity index is 381. The third-order valence-corrected chi connectivity index (χ3v) is 70.2. The number of isocyanates is 1. The van der Waals surface area contributed by atoms with Gasteiger partial charge in [0, 0.05) is 21.3 Å². The average molecular weight is 380 g/mol. The highest BCUT2D eigenvalue weighted by atomic mass is 29.9. The highest BCUT2D eigenvalue weighted by Gasteiger charge is 2.74. The number of nitrogens with zero attached hydrogens (tertiary/aromatic N) is 1. The lowest BCUT2D eigenvalue weighted by atomic mass is 10.5. The molecule has 0 rings (SSSR count). The van der Waals surface area contributed by atoms with Crippen LogP contribution in [-0.4, -0.2) is 63.2 Å². The molecule has 22 heavy (non-hydrogen) atoms. The fourth-order valence-electron chi connectivity index (χ4n) is 4.42. The van der Waals surface area contributed by atoms with E-state index in [0.29, 0.717) is 0 Å². The molecule has 1 atom stereocenters. The van der Waals surface area contributed by atoms with Crippen LogP contribution in [-0.2, 0) is 18.1 Å². The lowest BCUT2D eigenvalue weighted by Gasteiger charge is -2.57. The topological polar surface area (TPSA) is 57.1 Å². The summed E-state index contributed by atoms with van der Waals surface area (Å²) in [4.78, 5) is 15.4. The van der Waals surface area contributed by atoms with Crippen molar-refractivity contribution in [1.82, 2.24) is 0 Å². The molecule has 0 amide bonds. The summed E-state index contributed by atoms with van der Waals surface area (Å²) in [6, 6.07) is 0. The van der Waals surface area contributed by atoms with Crippen LogP contribution in [0.3, 0.4) is 0 Å². The first-order valence-corrected chi connectivity index (χ1v) is 21.5. The van der Waals surface area contributed by atoms with Crippen LogP contribution in [0.4, 0.5) is 0 Å². The molecule has 1 unspecified atom stereocenters. The van der Waals surface area contributed by atoms with Gasteiger partial charge in [-0.2, -0.15) is 0 Å². The molecule has 130 valence electrons. The fraction of sp³-hybridized carbons (Fsp3) is 0.923. The Morgan fingerprint density at radius 3 is 1.36 bits per heavy atom. The lowest BCUT2D eigenvalue weighted by Crippen LogP contribution is -2.91. The average Bonchev–Trinajstić information content (AvgIpc) is 2.46. The maximum Gasteiger partial charge on any atom is 0.234 e. The van der Waals surface area contributed by atoms with Crippen LogP contribution in [0.2, 0.25) is 39.3 Å². The number of hydrogen-bond donors (Lipinski definition) is 0. The largest absolute Gasteiger partial charge is 0.423 e. The van der Waals surface area contributed by atoms with E-state index in [4.69, 9.17) is 13.3 Å². The second-order valence-corrected chi connectivity index (χ2v) is 42.1. The highest BCUT2D eigenvalue weighted by Crippen LogP contribution is 2.42. The Kier molecular flexibility index (Phi) is 7.84. The van der Waals surface area contributed by atoms with Crippen LogP contribution < -0.4 is 0 Å². The van der Waals surface area contributed by atoms with Crippen LogP contribution in [0.15, 0.2) is 4.99 Å². The summed E-state index contributed by atoms with van der Waals surface area (Å²) < 4.78 is 18.4. The second kappa shape index (κ2) is 7.80. The molecule has 0 aliphatic carbocycles. The lowest BCUT2D eigenvalue weighted by molar-refractivity contribution is 0.399. The van der Waals surface area contributed by atoms with E-state index in [9.17, 15) is 4.79 Å². The molecule has 0 aromatic rings. The van der Waals surface area contributed by atoms with E-state index in [0.717, 1.165) is 6.42 Å². The molecule has 0 fully saturated rings. The SMILES string of the molecule is CCC(N=C=O)[Si]([Si](C)(C)OC)([Si](C)(C)OC)[Si](C)(C)OC. The Labute approximate surface area is 139 Å². The first-order chi connectivity index (χ1) is 9.95. The van der Waals surface area contributed by atoms with Gasteiger partial charge < -0.3 is 13.3 Å². The van der Waals surface area contributed by atoms with Crippen molar-refractivity contribution in [2.24, 2.45) is 4.99 Å². The highest BCUT2D eigenvalue weighted by molar-refractivity contribution is 7.87. The van der Waals surface area contributed by atoms with Crippen LogP contribution in [0.1, 0.15) is 13.3 Å². The molecule has 0 saturated heterocycles. The molecule has 5 nitrogen and oxygen atoms in total. The van der Waals surface area contributed by atoms with Crippen LogP contribution in [0, 0.1) is 0 Å². The van der Waals surface area contributed by atoms with E-state index in [2.05, 4.69) is 51.2 Å². The summed E-state index contributed by atoms with van der Waals surface area (Å²) in [7, 11) is -1.06. The third-order valence-electron chi connectivity index (χ3n) is 5.47. The molecule has 0 aromatic carbocycles. The van der Waals surface area contributed by atoms with Gasteiger partial charge in [-0.05, 0) is 45.7 Å². The maximum absolute atomic E-state index is 11.1. The molecule has 0 N–H and O–H groups in total. The normalized spacial score (nSPS) is 15.4. The van der Waals surface area contributed by atoms with Gasteiger partial charge in [-0.3, -0.25) is 0 Å². The van der Waals surface area contributed by atoms with E-state index >= 15 is 0 Å². The predicted molar refractivity (Wildman–Crippen MR) is 101 cm³/mol. The molecular weight excluding hydrogens is 346 g/mol. The minimum atomic E-state index is -2.31. The van der Waals surface area contributed by atoms with Gasteiger partial charge in [0.1, 0.15) is 0 Å². The minimum absolute atomic E-state index is 0.0464. The van der Waals surface area contributed by atoms with Crippen molar-refractivity contribution < 1.29 is 18.1 Å². The van der Waals surface area contributed by atoms with Crippen LogP contribution >= 0.6 is 0 Å². The van der Waals surface area contributed by atoms with Crippen molar-refractivity contribution in [3.8, 4) is 0 Å². The van der Waals surface area contributed by atoms with E-state index in [1.54, 1.807) is 21.3 Å². The Balaban J connectivity index is 6.89. The third kappa shape index (κ3) is 3.32. The van der Waals surface area contributed by atoms with Gasteiger partial charge in [0.2, 0.25) is 6.08 Å². The smallest absolute Gasteiger partial charge is 0.234 e. The van der Waals surface area contributed by atoms with E-state index in [1.165, 1.54) is 0 Å². The van der Waals surface area contributed by atoms with E-state index in [-0.39, 0.29) is 5.67 Å². The quantitative estimate of drug-likeness (QED) is 0.351. The van der Waals surface area contributed by atoms with Crippen LogP contribution in [0.25, 0.3) is 0 Å². The van der Waals surface area contributed by atoms with Crippen molar-refractivity contribution in [2.75, 3.05) is 21.3 Å². The Hall–Kier alpha value is 0.128. The molecule has 0 aliphatic heterocycles. The summed E-state index contributed by atoms with van der Waals surface area (Å²) in [5.41, 5.74) is -0.0464. The van der Waals surface area contributed by atoms with Crippen molar-refractivity contribution in [2.45, 2.75) is 58.3 Å². The van der Waals surface area contributed by atoms with Gasteiger partial charge in [0.25, 0.3) is 0 Å². The van der Waals surface area contributed by atoms with E-state index < -0.39 is 30.1 Å². The van der Waals surface area contributed by atoms with Crippen molar-refractivity contribution >= 4 is 36.2 Å². The molecule has 0 radical (unpaired) electrons. The molecule has 0 heterocycles. The number of aliphatic imine (C=N–C) groups is 1. The summed E-state index contributed by atoms with van der Waals surface area (Å²) in [5.74, 6) is 0. The first-order valence-electron chi connectivity index (χ1n) is 7.68. The molecule has 9 heteroatoms. The number of rotatable bonds is 9. The Morgan fingerprint density at radius 1 is 0.864 bits per heavy atom. The first kappa shape index (κ1) is 22.1. The molecular formula is C13H33NO4Si4. The maximum atomic E-state index is 11.1. The van der Waals surface area contributed by atoms with Gasteiger partial charge in [0.15, 0.2) is 30.1 Å². The van der Waals surface area contributed by atoms with Gasteiger partial charge in [0.05, 0.1) is 5.67 Å². The van der Waals surface area contributed by atoms with Gasteiger partial charge in [-0.15, -0.1) is 0 Å². The molecule has 0 aromatic heterocycles. The molecule has 0 aliphatic rings. The summed E-state index contributed by atoms with van der Waals surface area (Å²) in [5, 5.41) is 0. The Morgan fingerprint density at radius 2 is 1.18 bits per heavy atom. The minimum Gasteiger partial charge on any atom is -0.423 e. The van der Waals surface area contributed by atoms with Gasteiger partial charge in [-0.25, -0.2) is 9.79 Å². The summed E-state index contributed by atoms with van der Waals surface area (Å²) in [6.07, 6.45) is 2.63. The summed E-state index contributed by atoms with van der Waals surface area (Å²) in [6.45, 7) is 13.3. The zero-order valence-corrected chi connectivity index (χ0v) is 19.9. The van der Waals surface area contributed by atoms with Gasteiger partial charge in [-0.1, -0.05) is 6.92 Å². The van der Waals surface area contributed by atoms with Crippen molar-refractivity contribution in [3.63, 3.8) is 0 Å². The van der Waals surface area contributed by atoms with Gasteiger partial charge >= 0.3 is 0 Å². The molecule has 0 spiro atoms. The predicted octanol–water partition coefficient (Wildman–Crippen LogP) is 2.88. The van der Waals surface area contributed by atoms with Crippen molar-refractivity contribution in [1.29, 1.82) is 0 Å². The molecule has 0 saturated carbocycles. The zero-order chi connectivity index (χ0) is 17.8. The van der Waals surface area contributed by atoms with E-state index in [1.807, 2.05) is 6.08 Å². The zero-order valence-electron chi connectivity index (χ0n) is 15.9. The molecule has 0 bridgehead atoms. The van der Waals surface area contributed by atoms with Crippen LogP contribution in [0.5, 0.6) is 0 Å². The number of hydrogen-bond acceptors (Lipinski definition) is 5. The summed E-state index contributed by atoms with van der Waals surface area (Å²) >= 11 is 0. The van der Waals surface area contributed by atoms with Crippen molar-refractivity contribution in [3.05, 3.63) is 0 Å². The standard InChI is InChI=1S/C13H33NO4Si4/c1-11-13(14-12-15)22(19(5,6)16-2,20(7,8)17-3)21(9,10)18-4/h13H,11H2,1-10H3. The second-order valence-electron chi connectivity index (χ2n) is 7.10. The fourth-order valence-corrected chi connectivity index (χ4v) is 83.2.